The molecule has 2 rings (SSSR count). The molecule has 130 valence electrons. The Hall–Kier alpha value is -0.330. The molecule has 0 aliphatic heterocycles. The average Bonchev–Trinajstić information content (AvgIpc) is 3.25. The van der Waals surface area contributed by atoms with Crippen molar-refractivity contribution in [3.63, 3.8) is 0 Å². The van der Waals surface area contributed by atoms with Crippen LogP contribution in [0, 0.1) is 6.92 Å². The van der Waals surface area contributed by atoms with Crippen molar-refractivity contribution < 1.29 is 22.0 Å². The lowest BCUT2D eigenvalue weighted by Gasteiger charge is -2.26. The van der Waals surface area contributed by atoms with E-state index in [-0.39, 0.29) is 13.2 Å². The first kappa shape index (κ1) is 19.0. The molecule has 0 heterocycles. The van der Waals surface area contributed by atoms with E-state index in [1.807, 2.05) is 19.1 Å². The molecule has 0 amide bonds. The Kier molecular flexibility index (Phi) is 6.01. The van der Waals surface area contributed by atoms with Gasteiger partial charge < -0.3 is 9.05 Å². The largest absolute Gasteiger partial charge is 0.350 e. The van der Waals surface area contributed by atoms with E-state index in [0.29, 0.717) is 11.3 Å². The fourth-order valence-corrected chi connectivity index (χ4v) is 10.1. The summed E-state index contributed by atoms with van der Waals surface area (Å²) in [5, 5.41) is -0.450. The topological polar surface area (TPSA) is 69.7 Å². The predicted molar refractivity (Wildman–Crippen MR) is 93.6 cm³/mol. The van der Waals surface area contributed by atoms with Crippen molar-refractivity contribution in [2.45, 2.75) is 41.8 Å². The molecule has 1 aromatic rings. The van der Waals surface area contributed by atoms with Crippen LogP contribution in [0.2, 0.25) is 0 Å². The average molecular weight is 378 g/mol. The molecule has 23 heavy (non-hydrogen) atoms. The van der Waals surface area contributed by atoms with Crippen molar-refractivity contribution >= 4 is 29.2 Å². The zero-order valence-corrected chi connectivity index (χ0v) is 16.3. The molecule has 0 bridgehead atoms. The van der Waals surface area contributed by atoms with E-state index in [1.54, 1.807) is 32.2 Å². The lowest BCUT2D eigenvalue weighted by Crippen LogP contribution is -2.26. The third-order valence-electron chi connectivity index (χ3n) is 3.84. The molecule has 5 nitrogen and oxygen atoms in total. The van der Waals surface area contributed by atoms with Crippen molar-refractivity contribution in [1.82, 2.24) is 0 Å². The van der Waals surface area contributed by atoms with Gasteiger partial charge in [-0.1, -0.05) is 17.7 Å². The Balaban J connectivity index is 2.48. The first-order valence-electron chi connectivity index (χ1n) is 7.52. The normalized spacial score (nSPS) is 26.7. The summed E-state index contributed by atoms with van der Waals surface area (Å²) in [5.74, 6) is 0. The van der Waals surface area contributed by atoms with Gasteiger partial charge in [0.25, 0.3) is 0 Å². The highest BCUT2D eigenvalue weighted by atomic mass is 32.2. The van der Waals surface area contributed by atoms with Gasteiger partial charge in [-0.3, -0.25) is 13.0 Å². The van der Waals surface area contributed by atoms with Crippen LogP contribution in [0.25, 0.3) is 0 Å². The SMILES string of the molecule is CCOP(=O)(OCC)[C@]1([S@@](=O)c2ccc(C)cc2)C[C@@H]1[S@@](C)=O. The van der Waals surface area contributed by atoms with Gasteiger partial charge in [-0.05, 0) is 39.3 Å². The van der Waals surface area contributed by atoms with Crippen LogP contribution in [0.1, 0.15) is 25.8 Å². The second kappa shape index (κ2) is 7.28. The van der Waals surface area contributed by atoms with Crippen LogP contribution < -0.4 is 0 Å². The molecule has 0 radical (unpaired) electrons. The molecular weight excluding hydrogens is 355 g/mol. The molecule has 1 aromatic carbocycles. The maximum atomic E-state index is 13.3. The van der Waals surface area contributed by atoms with Gasteiger partial charge in [0.15, 0.2) is 4.49 Å². The number of rotatable bonds is 8. The van der Waals surface area contributed by atoms with Gasteiger partial charge in [-0.25, -0.2) is 0 Å². The first-order valence-corrected chi connectivity index (χ1v) is 11.8. The Labute approximate surface area is 142 Å². The molecular formula is C15H23O5PS2. The van der Waals surface area contributed by atoms with Gasteiger partial charge >= 0.3 is 7.60 Å². The van der Waals surface area contributed by atoms with Crippen molar-refractivity contribution in [3.05, 3.63) is 29.8 Å². The van der Waals surface area contributed by atoms with Crippen LogP contribution >= 0.6 is 7.60 Å². The van der Waals surface area contributed by atoms with Gasteiger partial charge in [0.2, 0.25) is 0 Å². The molecule has 0 aromatic heterocycles. The van der Waals surface area contributed by atoms with E-state index in [1.165, 1.54) is 0 Å². The molecule has 1 aliphatic carbocycles. The van der Waals surface area contributed by atoms with Crippen molar-refractivity contribution in [2.75, 3.05) is 19.5 Å². The molecule has 4 atom stereocenters. The Morgan fingerprint density at radius 2 is 1.70 bits per heavy atom. The molecule has 0 spiro atoms. The van der Waals surface area contributed by atoms with E-state index in [2.05, 4.69) is 0 Å². The van der Waals surface area contributed by atoms with Crippen LogP contribution in [0.5, 0.6) is 0 Å². The number of hydrogen-bond acceptors (Lipinski definition) is 5. The molecule has 1 aliphatic rings. The Bertz CT molecular complexity index is 650. The minimum atomic E-state index is -3.65. The highest BCUT2D eigenvalue weighted by molar-refractivity contribution is 7.98. The Morgan fingerprint density at radius 1 is 1.17 bits per heavy atom. The van der Waals surface area contributed by atoms with Crippen LogP contribution in [0.3, 0.4) is 0 Å². The zero-order chi connectivity index (χ0) is 17.3. The summed E-state index contributed by atoms with van der Waals surface area (Å²) >= 11 is 0. The summed E-state index contributed by atoms with van der Waals surface area (Å²) in [6, 6.07) is 7.22. The second-order valence-electron chi connectivity index (χ2n) is 5.45. The third kappa shape index (κ3) is 3.40. The fraction of sp³-hybridized carbons (Fsp3) is 0.600. The molecule has 8 heteroatoms. The van der Waals surface area contributed by atoms with Crippen LogP contribution in [-0.4, -0.2) is 37.6 Å². The zero-order valence-electron chi connectivity index (χ0n) is 13.8. The predicted octanol–water partition coefficient (Wildman–Crippen LogP) is 3.22. The summed E-state index contributed by atoms with van der Waals surface area (Å²) in [5.41, 5.74) is 1.05. The van der Waals surface area contributed by atoms with E-state index < -0.39 is 38.9 Å². The van der Waals surface area contributed by atoms with Crippen LogP contribution in [0.15, 0.2) is 29.2 Å². The quantitative estimate of drug-likeness (QED) is 0.650. The minimum Gasteiger partial charge on any atom is -0.308 e. The standard InChI is InChI=1S/C15H23O5PS2/c1-5-19-21(16,20-6-2)15(11-14(15)22(4)17)23(18)13-9-7-12(3)8-10-13/h7-10,14H,5-6,11H2,1-4H3/t14-,15-,22+,23-/m0/s1. The van der Waals surface area contributed by atoms with E-state index in [4.69, 9.17) is 9.05 Å². The van der Waals surface area contributed by atoms with E-state index in [9.17, 15) is 13.0 Å². The summed E-state index contributed by atoms with van der Waals surface area (Å²) in [6.45, 7) is 5.75. The lowest BCUT2D eigenvalue weighted by atomic mass is 10.2. The van der Waals surface area contributed by atoms with Crippen molar-refractivity contribution in [1.29, 1.82) is 0 Å². The minimum absolute atomic E-state index is 0.188. The maximum Gasteiger partial charge on any atom is 0.350 e. The van der Waals surface area contributed by atoms with Crippen LogP contribution in [0.4, 0.5) is 0 Å². The number of aryl methyl sites for hydroxylation is 1. The highest BCUT2D eigenvalue weighted by Crippen LogP contribution is 2.74. The molecule has 1 fully saturated rings. The van der Waals surface area contributed by atoms with Crippen molar-refractivity contribution in [2.24, 2.45) is 0 Å². The smallest absolute Gasteiger partial charge is 0.308 e. The van der Waals surface area contributed by atoms with E-state index >= 15 is 0 Å². The third-order valence-corrected chi connectivity index (χ3v) is 11.1. The van der Waals surface area contributed by atoms with Gasteiger partial charge in [0, 0.05) is 22.0 Å². The summed E-state index contributed by atoms with van der Waals surface area (Å²) in [6.07, 6.45) is 1.86. The summed E-state index contributed by atoms with van der Waals surface area (Å²) < 4.78 is 48.2. The van der Waals surface area contributed by atoms with Crippen LogP contribution in [-0.2, 0) is 35.2 Å². The highest BCUT2D eigenvalue weighted by Gasteiger charge is 2.74. The Morgan fingerprint density at radius 3 is 2.09 bits per heavy atom. The summed E-state index contributed by atoms with van der Waals surface area (Å²) in [4.78, 5) is 0.559. The molecule has 0 saturated heterocycles. The van der Waals surface area contributed by atoms with Crippen molar-refractivity contribution in [3.8, 4) is 0 Å². The number of benzene rings is 1. The van der Waals surface area contributed by atoms with E-state index in [0.717, 1.165) is 5.56 Å². The first-order chi connectivity index (χ1) is 10.8. The fourth-order valence-electron chi connectivity index (χ4n) is 2.63. The molecule has 1 saturated carbocycles. The summed E-state index contributed by atoms with van der Waals surface area (Å²) in [7, 11) is -6.52. The molecule has 0 unspecified atom stereocenters. The van der Waals surface area contributed by atoms with Gasteiger partial charge in [-0.15, -0.1) is 0 Å². The maximum absolute atomic E-state index is 13.3. The van der Waals surface area contributed by atoms with Gasteiger partial charge in [0.1, 0.15) is 0 Å². The monoisotopic (exact) mass is 378 g/mol. The van der Waals surface area contributed by atoms with Gasteiger partial charge in [0.05, 0.1) is 29.3 Å². The lowest BCUT2D eigenvalue weighted by molar-refractivity contribution is 0.216. The number of hydrogen-bond donors (Lipinski definition) is 0. The second-order valence-corrected chi connectivity index (χ2v) is 11.4. The molecule has 0 N–H and O–H groups in total. The van der Waals surface area contributed by atoms with Gasteiger partial charge in [-0.2, -0.15) is 0 Å².